The Labute approximate surface area is 105 Å². The standard InChI is InChI=1S/C8H3Cl4NS/c1-2-3(9)4(10)7-6(13-2)5(11)8(12)14-7/h1H3. The number of nitrogens with zero attached hydrogens (tertiary/aromatic N) is 1. The van der Waals surface area contributed by atoms with Crippen LogP contribution in [-0.4, -0.2) is 4.98 Å². The van der Waals surface area contributed by atoms with Crippen molar-refractivity contribution in [1.82, 2.24) is 4.98 Å². The predicted molar refractivity (Wildman–Crippen MR) is 64.4 cm³/mol. The van der Waals surface area contributed by atoms with Gasteiger partial charge < -0.3 is 0 Å². The first-order chi connectivity index (χ1) is 6.52. The maximum atomic E-state index is 6.04. The first-order valence-corrected chi connectivity index (χ1v) is 5.94. The Kier molecular flexibility index (Phi) is 2.84. The molecule has 0 aromatic carbocycles. The predicted octanol–water partition coefficient (Wildman–Crippen LogP) is 5.22. The van der Waals surface area contributed by atoms with Crippen LogP contribution in [0.25, 0.3) is 10.2 Å². The molecule has 2 aromatic rings. The third kappa shape index (κ3) is 1.50. The highest BCUT2D eigenvalue weighted by atomic mass is 35.5. The summed E-state index contributed by atoms with van der Waals surface area (Å²) in [7, 11) is 0. The molecule has 0 fully saturated rings. The van der Waals surface area contributed by atoms with E-state index in [9.17, 15) is 0 Å². The van der Waals surface area contributed by atoms with Crippen molar-refractivity contribution in [2.45, 2.75) is 6.92 Å². The first kappa shape index (κ1) is 10.8. The highest BCUT2D eigenvalue weighted by Crippen LogP contribution is 2.43. The Morgan fingerprint density at radius 1 is 1.00 bits per heavy atom. The van der Waals surface area contributed by atoms with E-state index >= 15 is 0 Å². The van der Waals surface area contributed by atoms with E-state index in [2.05, 4.69) is 4.98 Å². The third-order valence-electron chi connectivity index (χ3n) is 1.78. The van der Waals surface area contributed by atoms with Crippen LogP contribution in [0.15, 0.2) is 0 Å². The molecule has 0 spiro atoms. The fraction of sp³-hybridized carbons (Fsp3) is 0.125. The van der Waals surface area contributed by atoms with Gasteiger partial charge in [0.05, 0.1) is 25.5 Å². The van der Waals surface area contributed by atoms with E-state index in [1.807, 2.05) is 0 Å². The van der Waals surface area contributed by atoms with Crippen molar-refractivity contribution in [2.75, 3.05) is 0 Å². The van der Waals surface area contributed by atoms with Gasteiger partial charge in [0.2, 0.25) is 0 Å². The molecule has 0 atom stereocenters. The average molecular weight is 287 g/mol. The molecule has 0 unspecified atom stereocenters. The van der Waals surface area contributed by atoms with E-state index in [4.69, 9.17) is 46.4 Å². The van der Waals surface area contributed by atoms with E-state index in [0.717, 1.165) is 4.70 Å². The summed E-state index contributed by atoms with van der Waals surface area (Å²) < 4.78 is 1.22. The normalized spacial score (nSPS) is 11.2. The number of hydrogen-bond acceptors (Lipinski definition) is 2. The van der Waals surface area contributed by atoms with Gasteiger partial charge in [-0.05, 0) is 6.92 Å². The Balaban J connectivity index is 2.98. The lowest BCUT2D eigenvalue weighted by Crippen LogP contribution is -1.84. The molecular formula is C8H3Cl4NS. The molecule has 2 heterocycles. The van der Waals surface area contributed by atoms with Crippen LogP contribution >= 0.6 is 57.7 Å². The van der Waals surface area contributed by atoms with Crippen LogP contribution < -0.4 is 0 Å². The summed E-state index contributed by atoms with van der Waals surface area (Å²) in [6.45, 7) is 1.77. The summed E-state index contributed by atoms with van der Waals surface area (Å²) in [6, 6.07) is 0. The Morgan fingerprint density at radius 3 is 2.29 bits per heavy atom. The van der Waals surface area contributed by atoms with Gasteiger partial charge in [-0.2, -0.15) is 0 Å². The second-order valence-electron chi connectivity index (χ2n) is 2.69. The molecule has 1 nitrogen and oxygen atoms in total. The van der Waals surface area contributed by atoms with Crippen molar-refractivity contribution in [3.63, 3.8) is 0 Å². The summed E-state index contributed by atoms with van der Waals surface area (Å²) in [5.41, 5.74) is 1.27. The Hall–Kier alpha value is 0.270. The summed E-state index contributed by atoms with van der Waals surface area (Å²) in [5.74, 6) is 0. The Bertz CT molecular complexity index is 520. The molecule has 0 aliphatic rings. The van der Waals surface area contributed by atoms with Crippen molar-refractivity contribution in [1.29, 1.82) is 0 Å². The number of hydrogen-bond donors (Lipinski definition) is 0. The first-order valence-electron chi connectivity index (χ1n) is 3.61. The zero-order valence-electron chi connectivity index (χ0n) is 6.87. The average Bonchev–Trinajstić information content (AvgIpc) is 2.42. The molecule has 14 heavy (non-hydrogen) atoms. The summed E-state index contributed by atoms with van der Waals surface area (Å²) in [4.78, 5) is 4.23. The highest BCUT2D eigenvalue weighted by Gasteiger charge is 2.16. The number of aryl methyl sites for hydroxylation is 1. The van der Waals surface area contributed by atoms with Crippen LogP contribution in [0.4, 0.5) is 0 Å². The Morgan fingerprint density at radius 2 is 1.64 bits per heavy atom. The molecule has 6 heteroatoms. The minimum atomic E-state index is 0.438. The van der Waals surface area contributed by atoms with Gasteiger partial charge in [-0.1, -0.05) is 46.4 Å². The van der Waals surface area contributed by atoms with Crippen molar-refractivity contribution in [3.05, 3.63) is 25.1 Å². The maximum Gasteiger partial charge on any atom is 0.114 e. The van der Waals surface area contributed by atoms with Crippen molar-refractivity contribution in [3.8, 4) is 0 Å². The number of rotatable bonds is 0. The number of halogens is 4. The molecule has 0 aliphatic carbocycles. The van der Waals surface area contributed by atoms with Gasteiger partial charge in [0.1, 0.15) is 9.85 Å². The van der Waals surface area contributed by atoms with Gasteiger partial charge >= 0.3 is 0 Å². The van der Waals surface area contributed by atoms with Gasteiger partial charge in [-0.15, -0.1) is 11.3 Å². The molecule has 0 bridgehead atoms. The molecule has 74 valence electrons. The highest BCUT2D eigenvalue weighted by molar-refractivity contribution is 7.24. The van der Waals surface area contributed by atoms with Gasteiger partial charge in [0.15, 0.2) is 0 Å². The molecule has 0 amide bonds. The fourth-order valence-electron chi connectivity index (χ4n) is 1.10. The van der Waals surface area contributed by atoms with Crippen LogP contribution in [0.2, 0.25) is 19.4 Å². The molecule has 2 aromatic heterocycles. The quantitative estimate of drug-likeness (QED) is 0.647. The number of aromatic nitrogens is 1. The van der Waals surface area contributed by atoms with Crippen molar-refractivity contribution >= 4 is 68.0 Å². The van der Waals surface area contributed by atoms with Crippen LogP contribution in [0, 0.1) is 6.92 Å². The van der Waals surface area contributed by atoms with Crippen molar-refractivity contribution < 1.29 is 0 Å². The fourth-order valence-corrected chi connectivity index (χ4v) is 3.07. The molecule has 0 saturated carbocycles. The van der Waals surface area contributed by atoms with E-state index in [1.54, 1.807) is 6.92 Å². The summed E-state index contributed by atoms with van der Waals surface area (Å²) >= 11 is 25.1. The summed E-state index contributed by atoms with van der Waals surface area (Å²) in [5, 5.41) is 1.36. The molecule has 0 radical (unpaired) electrons. The number of fused-ring (bicyclic) bond motifs is 1. The molecule has 0 saturated heterocycles. The topological polar surface area (TPSA) is 12.9 Å². The van der Waals surface area contributed by atoms with Crippen LogP contribution in [0.3, 0.4) is 0 Å². The third-order valence-corrected chi connectivity index (χ3v) is 4.81. The SMILES string of the molecule is Cc1nc2c(Cl)c(Cl)sc2c(Cl)c1Cl. The molecular weight excluding hydrogens is 284 g/mol. The second-order valence-corrected chi connectivity index (χ2v) is 5.45. The number of thiophene rings is 1. The smallest absolute Gasteiger partial charge is 0.114 e. The number of pyridine rings is 1. The van der Waals surface area contributed by atoms with Gasteiger partial charge in [0, 0.05) is 0 Å². The lowest BCUT2D eigenvalue weighted by atomic mass is 10.3. The van der Waals surface area contributed by atoms with Crippen LogP contribution in [0.5, 0.6) is 0 Å². The van der Waals surface area contributed by atoms with E-state index in [0.29, 0.717) is 30.6 Å². The minimum absolute atomic E-state index is 0.438. The maximum absolute atomic E-state index is 6.04. The van der Waals surface area contributed by atoms with Crippen LogP contribution in [-0.2, 0) is 0 Å². The molecule has 0 aliphatic heterocycles. The molecule has 0 N–H and O–H groups in total. The zero-order chi connectivity index (χ0) is 10.5. The van der Waals surface area contributed by atoms with Gasteiger partial charge in [-0.3, -0.25) is 0 Å². The van der Waals surface area contributed by atoms with E-state index < -0.39 is 0 Å². The lowest BCUT2D eigenvalue weighted by Gasteiger charge is -2.00. The van der Waals surface area contributed by atoms with Crippen LogP contribution in [0.1, 0.15) is 5.69 Å². The molecule has 2 rings (SSSR count). The van der Waals surface area contributed by atoms with E-state index in [1.165, 1.54) is 11.3 Å². The lowest BCUT2D eigenvalue weighted by molar-refractivity contribution is 1.26. The van der Waals surface area contributed by atoms with Crippen molar-refractivity contribution in [2.24, 2.45) is 0 Å². The minimum Gasteiger partial charge on any atom is -0.249 e. The monoisotopic (exact) mass is 285 g/mol. The largest absolute Gasteiger partial charge is 0.249 e. The van der Waals surface area contributed by atoms with Gasteiger partial charge in [-0.25, -0.2) is 4.98 Å². The van der Waals surface area contributed by atoms with Gasteiger partial charge in [0.25, 0.3) is 0 Å². The van der Waals surface area contributed by atoms with E-state index in [-0.39, 0.29) is 0 Å². The summed E-state index contributed by atoms with van der Waals surface area (Å²) in [6.07, 6.45) is 0. The zero-order valence-corrected chi connectivity index (χ0v) is 10.7. The second kappa shape index (κ2) is 3.69.